The Hall–Kier alpha value is -2.75. The largest absolute Gasteiger partial charge is 0.507 e. The van der Waals surface area contributed by atoms with Crippen molar-refractivity contribution >= 4 is 11.0 Å². The summed E-state index contributed by atoms with van der Waals surface area (Å²) in [6.07, 6.45) is 0. The van der Waals surface area contributed by atoms with Crippen LogP contribution in [-0.2, 0) is 0 Å². The van der Waals surface area contributed by atoms with Crippen molar-refractivity contribution in [1.82, 2.24) is 0 Å². The van der Waals surface area contributed by atoms with E-state index in [1.807, 2.05) is 30.3 Å². The van der Waals surface area contributed by atoms with Crippen molar-refractivity contribution in [3.05, 3.63) is 58.3 Å². The minimum absolute atomic E-state index is 0.0833. The second kappa shape index (κ2) is 4.42. The van der Waals surface area contributed by atoms with Gasteiger partial charge in [0.05, 0.1) is 0 Å². The van der Waals surface area contributed by atoms with Crippen molar-refractivity contribution in [3.8, 4) is 22.8 Å². The second-order valence-electron chi connectivity index (χ2n) is 4.58. The van der Waals surface area contributed by atoms with Crippen LogP contribution in [-0.4, -0.2) is 10.2 Å². The highest BCUT2D eigenvalue weighted by Crippen LogP contribution is 2.34. The van der Waals surface area contributed by atoms with Crippen molar-refractivity contribution in [1.29, 1.82) is 0 Å². The molecule has 20 heavy (non-hydrogen) atoms. The standard InChI is InChI=1S/C16H12O4/c1-9-11(17)7-14-15(16(9)19)12(18)8-13(20-14)10-5-3-2-4-6-10/h2-8,17,19H,1H3. The number of fused-ring (bicyclic) bond motifs is 1. The minimum atomic E-state index is -0.342. The van der Waals surface area contributed by atoms with E-state index >= 15 is 0 Å². The zero-order valence-electron chi connectivity index (χ0n) is 10.8. The lowest BCUT2D eigenvalue weighted by molar-refractivity contribution is 0.445. The molecule has 0 saturated carbocycles. The maximum atomic E-state index is 12.2. The van der Waals surface area contributed by atoms with Crippen molar-refractivity contribution in [2.24, 2.45) is 0 Å². The smallest absolute Gasteiger partial charge is 0.197 e. The van der Waals surface area contributed by atoms with E-state index in [1.54, 1.807) is 0 Å². The van der Waals surface area contributed by atoms with Gasteiger partial charge in [-0.05, 0) is 6.92 Å². The maximum Gasteiger partial charge on any atom is 0.197 e. The van der Waals surface area contributed by atoms with Gasteiger partial charge in [0.2, 0.25) is 0 Å². The van der Waals surface area contributed by atoms with Crippen molar-refractivity contribution < 1.29 is 14.6 Å². The lowest BCUT2D eigenvalue weighted by Gasteiger charge is -2.07. The van der Waals surface area contributed by atoms with Crippen LogP contribution in [0, 0.1) is 6.92 Å². The van der Waals surface area contributed by atoms with E-state index in [9.17, 15) is 15.0 Å². The molecule has 100 valence electrons. The topological polar surface area (TPSA) is 70.7 Å². The van der Waals surface area contributed by atoms with Crippen molar-refractivity contribution in [3.63, 3.8) is 0 Å². The molecule has 0 atom stereocenters. The first-order valence-electron chi connectivity index (χ1n) is 6.12. The number of hydrogen-bond acceptors (Lipinski definition) is 4. The third-order valence-electron chi connectivity index (χ3n) is 3.28. The number of rotatable bonds is 1. The van der Waals surface area contributed by atoms with E-state index in [1.165, 1.54) is 19.1 Å². The molecule has 4 nitrogen and oxygen atoms in total. The van der Waals surface area contributed by atoms with E-state index in [0.717, 1.165) is 5.56 Å². The normalized spacial score (nSPS) is 10.8. The number of aromatic hydroxyl groups is 2. The highest BCUT2D eigenvalue weighted by Gasteiger charge is 2.15. The van der Waals surface area contributed by atoms with Gasteiger partial charge in [-0.25, -0.2) is 0 Å². The fourth-order valence-electron chi connectivity index (χ4n) is 2.13. The van der Waals surface area contributed by atoms with Gasteiger partial charge < -0.3 is 14.6 Å². The molecule has 3 rings (SSSR count). The molecule has 0 saturated heterocycles. The Balaban J connectivity index is 2.36. The summed E-state index contributed by atoms with van der Waals surface area (Å²) in [5.74, 6) is 0.0440. The molecular formula is C16H12O4. The van der Waals surface area contributed by atoms with Crippen LogP contribution in [0.4, 0.5) is 0 Å². The molecule has 2 N–H and O–H groups in total. The molecule has 2 aromatic carbocycles. The highest BCUT2D eigenvalue weighted by molar-refractivity contribution is 5.87. The number of hydrogen-bond donors (Lipinski definition) is 2. The van der Waals surface area contributed by atoms with Crippen molar-refractivity contribution in [2.45, 2.75) is 6.92 Å². The Kier molecular flexibility index (Phi) is 2.71. The van der Waals surface area contributed by atoms with Crippen LogP contribution in [0.15, 0.2) is 51.7 Å². The second-order valence-corrected chi connectivity index (χ2v) is 4.58. The molecule has 1 heterocycles. The van der Waals surface area contributed by atoms with E-state index in [2.05, 4.69) is 0 Å². The zero-order chi connectivity index (χ0) is 14.3. The van der Waals surface area contributed by atoms with Crippen molar-refractivity contribution in [2.75, 3.05) is 0 Å². The maximum absolute atomic E-state index is 12.2. The summed E-state index contributed by atoms with van der Waals surface area (Å²) in [5.41, 5.74) is 0.839. The Morgan fingerprint density at radius 2 is 1.75 bits per heavy atom. The van der Waals surface area contributed by atoms with Gasteiger partial charge in [0, 0.05) is 23.3 Å². The van der Waals surface area contributed by atoms with E-state index in [4.69, 9.17) is 4.42 Å². The van der Waals surface area contributed by atoms with Crippen LogP contribution in [0.25, 0.3) is 22.3 Å². The Labute approximate surface area is 114 Å². The quantitative estimate of drug-likeness (QED) is 0.711. The molecule has 0 unspecified atom stereocenters. The molecule has 0 amide bonds. The van der Waals surface area contributed by atoms with Crippen LogP contribution in [0.5, 0.6) is 11.5 Å². The first-order chi connectivity index (χ1) is 9.58. The van der Waals surface area contributed by atoms with Crippen LogP contribution in [0.2, 0.25) is 0 Å². The fraction of sp³-hybridized carbons (Fsp3) is 0.0625. The third-order valence-corrected chi connectivity index (χ3v) is 3.28. The highest BCUT2D eigenvalue weighted by atomic mass is 16.3. The minimum Gasteiger partial charge on any atom is -0.507 e. The molecule has 0 fully saturated rings. The first kappa shape index (κ1) is 12.3. The van der Waals surface area contributed by atoms with Crippen LogP contribution >= 0.6 is 0 Å². The summed E-state index contributed by atoms with van der Waals surface area (Å²) < 4.78 is 5.63. The molecule has 0 spiro atoms. The van der Waals surface area contributed by atoms with Crippen LogP contribution in [0.1, 0.15) is 5.56 Å². The summed E-state index contributed by atoms with van der Waals surface area (Å²) in [7, 11) is 0. The van der Waals surface area contributed by atoms with E-state index in [-0.39, 0.29) is 33.5 Å². The van der Waals surface area contributed by atoms with E-state index < -0.39 is 0 Å². The van der Waals surface area contributed by atoms with Crippen LogP contribution in [0.3, 0.4) is 0 Å². The van der Waals surface area contributed by atoms with Gasteiger partial charge in [-0.15, -0.1) is 0 Å². The molecule has 3 aromatic rings. The Bertz CT molecular complexity index is 848. The van der Waals surface area contributed by atoms with Gasteiger partial charge in [-0.1, -0.05) is 30.3 Å². The SMILES string of the molecule is Cc1c(O)cc2oc(-c3ccccc3)cc(=O)c2c1O. The molecule has 0 bridgehead atoms. The lowest BCUT2D eigenvalue weighted by atomic mass is 10.1. The van der Waals surface area contributed by atoms with Gasteiger partial charge >= 0.3 is 0 Å². The lowest BCUT2D eigenvalue weighted by Crippen LogP contribution is -2.01. The average Bonchev–Trinajstić information content (AvgIpc) is 2.45. The molecule has 0 radical (unpaired) electrons. The number of benzene rings is 2. The summed E-state index contributed by atoms with van der Waals surface area (Å²) in [6, 6.07) is 11.9. The summed E-state index contributed by atoms with van der Waals surface area (Å²) in [5, 5.41) is 19.8. The van der Waals surface area contributed by atoms with Gasteiger partial charge in [-0.2, -0.15) is 0 Å². The monoisotopic (exact) mass is 268 g/mol. The van der Waals surface area contributed by atoms with Gasteiger partial charge in [-0.3, -0.25) is 4.79 Å². The summed E-state index contributed by atoms with van der Waals surface area (Å²) in [6.45, 7) is 1.54. The Morgan fingerprint density at radius 1 is 1.05 bits per heavy atom. The Morgan fingerprint density at radius 3 is 2.45 bits per heavy atom. The molecule has 0 aliphatic carbocycles. The third kappa shape index (κ3) is 1.82. The van der Waals surface area contributed by atoms with Gasteiger partial charge in [0.15, 0.2) is 5.43 Å². The predicted molar refractivity (Wildman–Crippen MR) is 76.0 cm³/mol. The average molecular weight is 268 g/mol. The van der Waals surface area contributed by atoms with E-state index in [0.29, 0.717) is 5.76 Å². The molecule has 0 aliphatic rings. The molecule has 0 aliphatic heterocycles. The van der Waals surface area contributed by atoms with Gasteiger partial charge in [0.25, 0.3) is 0 Å². The number of phenols is 2. The molecular weight excluding hydrogens is 256 g/mol. The van der Waals surface area contributed by atoms with Gasteiger partial charge in [0.1, 0.15) is 28.2 Å². The number of phenolic OH excluding ortho intramolecular Hbond substituents is 2. The predicted octanol–water partition coefficient (Wildman–Crippen LogP) is 3.18. The first-order valence-corrected chi connectivity index (χ1v) is 6.12. The molecule has 1 aromatic heterocycles. The molecule has 4 heteroatoms. The summed E-state index contributed by atoms with van der Waals surface area (Å²) in [4.78, 5) is 12.2. The van der Waals surface area contributed by atoms with Crippen LogP contribution < -0.4 is 5.43 Å². The fourth-order valence-corrected chi connectivity index (χ4v) is 2.13. The summed E-state index contributed by atoms with van der Waals surface area (Å²) >= 11 is 0. The zero-order valence-corrected chi connectivity index (χ0v) is 10.8.